The van der Waals surface area contributed by atoms with Crippen molar-refractivity contribution in [2.45, 2.75) is 51.4 Å². The molecule has 7 heteroatoms. The molecule has 1 fully saturated rings. The van der Waals surface area contributed by atoms with Crippen molar-refractivity contribution >= 4 is 11.1 Å². The lowest BCUT2D eigenvalue weighted by molar-refractivity contribution is -0.136. The second-order valence-electron chi connectivity index (χ2n) is 6.46. The standard InChI is InChI=1S/C17H21F3N2O2/c1-10(2)16-22-14-7-11(8-21-9-12-4-3-5-23-12)6-13(15(14)24-16)17(18,19)20/h6-7,10,12,21H,3-5,8-9H2,1-2H3/t12-/m1/s1. The molecule has 0 radical (unpaired) electrons. The van der Waals surface area contributed by atoms with E-state index in [-0.39, 0.29) is 23.1 Å². The Morgan fingerprint density at radius 1 is 1.33 bits per heavy atom. The molecule has 1 atom stereocenters. The first-order chi connectivity index (χ1) is 11.3. The van der Waals surface area contributed by atoms with Crippen molar-refractivity contribution in [3.8, 4) is 0 Å². The summed E-state index contributed by atoms with van der Waals surface area (Å²) in [5.41, 5.74) is -0.165. The average Bonchev–Trinajstić information content (AvgIpc) is 3.14. The lowest BCUT2D eigenvalue weighted by Crippen LogP contribution is -2.25. The summed E-state index contributed by atoms with van der Waals surface area (Å²) in [6.07, 6.45) is -2.30. The van der Waals surface area contributed by atoms with Gasteiger partial charge in [0.1, 0.15) is 11.1 Å². The summed E-state index contributed by atoms with van der Waals surface area (Å²) < 4.78 is 50.9. The molecule has 2 heterocycles. The highest BCUT2D eigenvalue weighted by Crippen LogP contribution is 2.37. The number of hydrogen-bond acceptors (Lipinski definition) is 4. The maximum Gasteiger partial charge on any atom is 0.420 e. The van der Waals surface area contributed by atoms with Gasteiger partial charge in [-0.1, -0.05) is 13.8 Å². The van der Waals surface area contributed by atoms with Crippen LogP contribution >= 0.6 is 0 Å². The van der Waals surface area contributed by atoms with Crippen molar-refractivity contribution in [1.82, 2.24) is 10.3 Å². The second kappa shape index (κ2) is 6.72. The van der Waals surface area contributed by atoms with Crippen LogP contribution in [0.15, 0.2) is 16.5 Å². The first-order valence-corrected chi connectivity index (χ1v) is 8.17. The molecule has 132 valence electrons. The fraction of sp³-hybridized carbons (Fsp3) is 0.588. The molecule has 1 aromatic carbocycles. The van der Waals surface area contributed by atoms with Crippen LogP contribution in [0.4, 0.5) is 13.2 Å². The number of fused-ring (bicyclic) bond motifs is 1. The first kappa shape index (κ1) is 17.2. The van der Waals surface area contributed by atoms with E-state index < -0.39 is 11.7 Å². The van der Waals surface area contributed by atoms with E-state index in [1.165, 1.54) is 0 Å². The summed E-state index contributed by atoms with van der Waals surface area (Å²) >= 11 is 0. The molecule has 3 rings (SSSR count). The Balaban J connectivity index is 1.84. The van der Waals surface area contributed by atoms with E-state index in [1.807, 2.05) is 13.8 Å². The smallest absolute Gasteiger partial charge is 0.420 e. The minimum Gasteiger partial charge on any atom is -0.440 e. The normalized spacial score (nSPS) is 18.8. The maximum atomic E-state index is 13.3. The van der Waals surface area contributed by atoms with Crippen molar-refractivity contribution in [2.24, 2.45) is 0 Å². The van der Waals surface area contributed by atoms with E-state index >= 15 is 0 Å². The summed E-state index contributed by atoms with van der Waals surface area (Å²) in [4.78, 5) is 4.21. The lowest BCUT2D eigenvalue weighted by Gasteiger charge is -2.12. The van der Waals surface area contributed by atoms with E-state index in [0.29, 0.717) is 24.5 Å². The fourth-order valence-corrected chi connectivity index (χ4v) is 2.85. The Hall–Kier alpha value is -1.60. The largest absolute Gasteiger partial charge is 0.440 e. The van der Waals surface area contributed by atoms with Gasteiger partial charge in [-0.25, -0.2) is 4.98 Å². The molecule has 1 aromatic heterocycles. The van der Waals surface area contributed by atoms with Gasteiger partial charge in [0.05, 0.1) is 6.10 Å². The zero-order chi connectivity index (χ0) is 17.3. The Kier molecular flexibility index (Phi) is 4.83. The number of halogens is 3. The molecule has 1 N–H and O–H groups in total. The number of ether oxygens (including phenoxy) is 1. The Morgan fingerprint density at radius 2 is 2.12 bits per heavy atom. The van der Waals surface area contributed by atoms with Gasteiger partial charge in [-0.15, -0.1) is 0 Å². The van der Waals surface area contributed by atoms with Gasteiger partial charge in [-0.05, 0) is 30.5 Å². The molecule has 0 amide bonds. The molecule has 2 aromatic rings. The third-order valence-electron chi connectivity index (χ3n) is 4.09. The molecule has 0 spiro atoms. The molecule has 0 bridgehead atoms. The number of hydrogen-bond donors (Lipinski definition) is 1. The summed E-state index contributed by atoms with van der Waals surface area (Å²) in [6.45, 7) is 5.40. The van der Waals surface area contributed by atoms with Gasteiger partial charge in [-0.2, -0.15) is 13.2 Å². The maximum absolute atomic E-state index is 13.3. The molecule has 0 saturated carbocycles. The molecular formula is C17H21F3N2O2. The summed E-state index contributed by atoms with van der Waals surface area (Å²) in [7, 11) is 0. The number of alkyl halides is 3. The third-order valence-corrected chi connectivity index (χ3v) is 4.09. The zero-order valence-corrected chi connectivity index (χ0v) is 13.7. The predicted octanol–water partition coefficient (Wildman–Crippen LogP) is 4.24. The van der Waals surface area contributed by atoms with Crippen molar-refractivity contribution in [3.05, 3.63) is 29.2 Å². The van der Waals surface area contributed by atoms with Gasteiger partial charge < -0.3 is 14.5 Å². The number of aromatic nitrogens is 1. The quantitative estimate of drug-likeness (QED) is 0.883. The summed E-state index contributed by atoms with van der Waals surface area (Å²) in [5.74, 6) is 0.250. The predicted molar refractivity (Wildman–Crippen MR) is 83.8 cm³/mol. The number of nitrogens with zero attached hydrogens (tertiary/aromatic N) is 1. The minimum absolute atomic E-state index is 0.0698. The molecule has 0 aliphatic carbocycles. The molecular weight excluding hydrogens is 321 g/mol. The van der Waals surface area contributed by atoms with Gasteiger partial charge in [0.15, 0.2) is 11.5 Å². The van der Waals surface area contributed by atoms with Gasteiger partial charge in [0.2, 0.25) is 0 Å². The van der Waals surface area contributed by atoms with Gasteiger partial charge >= 0.3 is 6.18 Å². The highest BCUT2D eigenvalue weighted by Gasteiger charge is 2.35. The Bertz CT molecular complexity index is 704. The van der Waals surface area contributed by atoms with E-state index in [0.717, 1.165) is 25.5 Å². The van der Waals surface area contributed by atoms with Crippen molar-refractivity contribution in [3.63, 3.8) is 0 Å². The lowest BCUT2D eigenvalue weighted by atomic mass is 10.1. The van der Waals surface area contributed by atoms with Crippen molar-refractivity contribution in [1.29, 1.82) is 0 Å². The van der Waals surface area contributed by atoms with Crippen LogP contribution in [-0.4, -0.2) is 24.2 Å². The van der Waals surface area contributed by atoms with Crippen molar-refractivity contribution < 1.29 is 22.3 Å². The molecule has 24 heavy (non-hydrogen) atoms. The average molecular weight is 342 g/mol. The second-order valence-corrected chi connectivity index (χ2v) is 6.46. The highest BCUT2D eigenvalue weighted by atomic mass is 19.4. The summed E-state index contributed by atoms with van der Waals surface area (Å²) in [6, 6.07) is 2.79. The van der Waals surface area contributed by atoms with Crippen LogP contribution in [0.3, 0.4) is 0 Å². The first-order valence-electron chi connectivity index (χ1n) is 8.17. The highest BCUT2D eigenvalue weighted by molar-refractivity contribution is 5.78. The van der Waals surface area contributed by atoms with E-state index in [9.17, 15) is 13.2 Å². The van der Waals surface area contributed by atoms with Crippen LogP contribution in [-0.2, 0) is 17.5 Å². The molecule has 0 unspecified atom stereocenters. The number of benzene rings is 1. The van der Waals surface area contributed by atoms with Gasteiger partial charge in [0, 0.05) is 25.6 Å². The Morgan fingerprint density at radius 3 is 2.75 bits per heavy atom. The van der Waals surface area contributed by atoms with Crippen LogP contribution in [0.2, 0.25) is 0 Å². The third kappa shape index (κ3) is 3.72. The molecule has 4 nitrogen and oxygen atoms in total. The van der Waals surface area contributed by atoms with Crippen LogP contribution in [0.5, 0.6) is 0 Å². The minimum atomic E-state index is -4.48. The van der Waals surface area contributed by atoms with Crippen LogP contribution in [0.1, 0.15) is 49.6 Å². The summed E-state index contributed by atoms with van der Waals surface area (Å²) in [5, 5.41) is 3.17. The van der Waals surface area contributed by atoms with Crippen LogP contribution < -0.4 is 5.32 Å². The Labute approximate surface area is 138 Å². The fourth-order valence-electron chi connectivity index (χ4n) is 2.85. The van der Waals surface area contributed by atoms with Gasteiger partial charge in [0.25, 0.3) is 0 Å². The monoisotopic (exact) mass is 342 g/mol. The van der Waals surface area contributed by atoms with Crippen LogP contribution in [0, 0.1) is 0 Å². The van der Waals surface area contributed by atoms with E-state index in [1.54, 1.807) is 6.07 Å². The number of oxazole rings is 1. The van der Waals surface area contributed by atoms with E-state index in [4.69, 9.17) is 9.15 Å². The molecule has 1 aliphatic heterocycles. The number of rotatable bonds is 5. The van der Waals surface area contributed by atoms with Crippen molar-refractivity contribution in [2.75, 3.05) is 13.2 Å². The SMILES string of the molecule is CC(C)c1nc2cc(CNC[C@H]3CCCO3)cc(C(F)(F)F)c2o1. The topological polar surface area (TPSA) is 47.3 Å². The zero-order valence-electron chi connectivity index (χ0n) is 13.7. The molecule has 1 saturated heterocycles. The molecule has 1 aliphatic rings. The van der Waals surface area contributed by atoms with Crippen LogP contribution in [0.25, 0.3) is 11.1 Å². The van der Waals surface area contributed by atoms with Gasteiger partial charge in [-0.3, -0.25) is 0 Å². The van der Waals surface area contributed by atoms with E-state index in [2.05, 4.69) is 10.3 Å². The number of nitrogens with one attached hydrogen (secondary N) is 1.